The molecule has 2 aromatic carbocycles. The van der Waals surface area contributed by atoms with Gasteiger partial charge < -0.3 is 20.2 Å². The van der Waals surface area contributed by atoms with Crippen molar-refractivity contribution in [2.75, 3.05) is 7.05 Å². The van der Waals surface area contributed by atoms with Gasteiger partial charge in [0.2, 0.25) is 0 Å². The molecule has 210 valence electrons. The largest absolute Gasteiger partial charge is 0.481 e. The number of benzene rings is 2. The molecule has 0 spiro atoms. The average molecular weight is 544 g/mol. The molecule has 39 heavy (non-hydrogen) atoms. The molecule has 3 aromatic rings. The van der Waals surface area contributed by atoms with Crippen molar-refractivity contribution in [3.63, 3.8) is 0 Å². The zero-order chi connectivity index (χ0) is 28.9. The summed E-state index contributed by atoms with van der Waals surface area (Å²) in [6.45, 7) is 5.73. The smallest absolute Gasteiger partial charge is 0.305 e. The number of carbonyl (C=O) groups is 2. The van der Waals surface area contributed by atoms with Crippen LogP contribution < -0.4 is 0 Å². The van der Waals surface area contributed by atoms with Crippen molar-refractivity contribution in [3.05, 3.63) is 82.2 Å². The number of carbonyl (C=O) groups excluding carboxylic acids is 1. The highest BCUT2D eigenvalue weighted by molar-refractivity contribution is 5.94. The summed E-state index contributed by atoms with van der Waals surface area (Å²) in [6, 6.07) is 10.3. The summed E-state index contributed by atoms with van der Waals surface area (Å²) in [6.07, 6.45) is -2.31. The molecule has 0 bridgehead atoms. The van der Waals surface area contributed by atoms with E-state index in [9.17, 15) is 28.6 Å². The van der Waals surface area contributed by atoms with Gasteiger partial charge in [-0.2, -0.15) is 5.10 Å². The molecule has 1 heterocycles. The maximum Gasteiger partial charge on any atom is 0.305 e. The molecule has 3 N–H and O–H groups in total. The number of aliphatic hydroxyl groups is 2. The minimum Gasteiger partial charge on any atom is -0.481 e. The van der Waals surface area contributed by atoms with Crippen LogP contribution in [-0.2, 0) is 17.8 Å². The number of nitrogens with zero attached hydrogens (tertiary/aromatic N) is 3. The van der Waals surface area contributed by atoms with Gasteiger partial charge in [-0.15, -0.1) is 0 Å². The van der Waals surface area contributed by atoms with Crippen molar-refractivity contribution in [3.8, 4) is 5.69 Å². The normalized spacial score (nSPS) is 12.9. The Bertz CT molecular complexity index is 1310. The van der Waals surface area contributed by atoms with Gasteiger partial charge in [0.15, 0.2) is 5.69 Å². The van der Waals surface area contributed by atoms with E-state index in [4.69, 9.17) is 5.11 Å². The molecule has 0 aliphatic rings. The molecule has 1 amide bonds. The topological polar surface area (TPSA) is 116 Å². The number of aliphatic hydroxyl groups excluding tert-OH is 2. The Labute approximate surface area is 226 Å². The maximum absolute atomic E-state index is 13.7. The Balaban J connectivity index is 1.96. The Hall–Kier alpha value is -3.63. The number of amides is 1. The second kappa shape index (κ2) is 12.9. The third-order valence-electron chi connectivity index (χ3n) is 6.53. The molecule has 0 aliphatic heterocycles. The van der Waals surface area contributed by atoms with Gasteiger partial charge in [-0.3, -0.25) is 9.59 Å². The fourth-order valence-electron chi connectivity index (χ4n) is 4.62. The summed E-state index contributed by atoms with van der Waals surface area (Å²) in [5, 5.41) is 33.9. The molecular weight excluding hydrogens is 508 g/mol. The molecular formula is C29H35F2N3O5. The first-order chi connectivity index (χ1) is 18.4. The van der Waals surface area contributed by atoms with Gasteiger partial charge in [-0.25, -0.2) is 13.5 Å². The van der Waals surface area contributed by atoms with E-state index in [2.05, 4.69) is 5.10 Å². The lowest BCUT2D eigenvalue weighted by molar-refractivity contribution is -0.139. The Morgan fingerprint density at radius 2 is 1.72 bits per heavy atom. The van der Waals surface area contributed by atoms with Crippen LogP contribution in [0.25, 0.3) is 5.69 Å². The number of carboxylic acids is 1. The average Bonchev–Trinajstić information content (AvgIpc) is 3.24. The van der Waals surface area contributed by atoms with Crippen LogP contribution in [0.5, 0.6) is 0 Å². The highest BCUT2D eigenvalue weighted by Gasteiger charge is 2.28. The van der Waals surface area contributed by atoms with Gasteiger partial charge in [-0.1, -0.05) is 26.0 Å². The molecule has 0 saturated heterocycles. The van der Waals surface area contributed by atoms with Crippen LogP contribution in [0.1, 0.15) is 71.9 Å². The number of rotatable bonds is 12. The number of hydrogen-bond donors (Lipinski definition) is 3. The van der Waals surface area contributed by atoms with Crippen molar-refractivity contribution in [2.45, 2.75) is 71.1 Å². The van der Waals surface area contributed by atoms with Crippen molar-refractivity contribution in [1.82, 2.24) is 14.7 Å². The molecule has 1 aromatic heterocycles. The van der Waals surface area contributed by atoms with Crippen LogP contribution in [0.4, 0.5) is 8.78 Å². The number of hydrogen-bond acceptors (Lipinski definition) is 5. The Morgan fingerprint density at radius 1 is 1.05 bits per heavy atom. The maximum atomic E-state index is 13.7. The van der Waals surface area contributed by atoms with Gasteiger partial charge in [0.05, 0.1) is 24.3 Å². The van der Waals surface area contributed by atoms with Gasteiger partial charge in [0.25, 0.3) is 5.91 Å². The van der Waals surface area contributed by atoms with Gasteiger partial charge in [0.1, 0.15) is 11.6 Å². The first kappa shape index (κ1) is 29.9. The molecule has 0 saturated carbocycles. The minimum atomic E-state index is -1.19. The van der Waals surface area contributed by atoms with E-state index in [1.165, 1.54) is 23.1 Å². The number of carboxylic acid groups (broad SMARTS) is 1. The Kier molecular flexibility index (Phi) is 9.93. The zero-order valence-electron chi connectivity index (χ0n) is 22.6. The Morgan fingerprint density at radius 3 is 2.31 bits per heavy atom. The van der Waals surface area contributed by atoms with Crippen molar-refractivity contribution in [2.24, 2.45) is 0 Å². The fourth-order valence-corrected chi connectivity index (χ4v) is 4.62. The lowest BCUT2D eigenvalue weighted by atomic mass is 9.95. The van der Waals surface area contributed by atoms with Crippen LogP contribution in [0.2, 0.25) is 0 Å². The highest BCUT2D eigenvalue weighted by atomic mass is 19.1. The summed E-state index contributed by atoms with van der Waals surface area (Å²) >= 11 is 0. The summed E-state index contributed by atoms with van der Waals surface area (Å²) in [7, 11) is 1.63. The molecule has 8 nitrogen and oxygen atoms in total. The van der Waals surface area contributed by atoms with Crippen LogP contribution in [-0.4, -0.2) is 61.1 Å². The molecule has 2 unspecified atom stereocenters. The second-order valence-electron chi connectivity index (χ2n) is 10.2. The number of aliphatic carboxylic acids is 1. The van der Waals surface area contributed by atoms with Crippen LogP contribution in [0, 0.1) is 18.6 Å². The van der Waals surface area contributed by atoms with E-state index >= 15 is 0 Å². The van der Waals surface area contributed by atoms with E-state index < -0.39 is 30.4 Å². The van der Waals surface area contributed by atoms with E-state index in [0.29, 0.717) is 22.5 Å². The van der Waals surface area contributed by atoms with Crippen LogP contribution in [0.15, 0.2) is 42.5 Å². The zero-order valence-corrected chi connectivity index (χ0v) is 22.6. The van der Waals surface area contributed by atoms with Crippen molar-refractivity contribution in [1.29, 1.82) is 0 Å². The molecule has 0 fully saturated rings. The van der Waals surface area contributed by atoms with Gasteiger partial charge in [-0.05, 0) is 73.6 Å². The van der Waals surface area contributed by atoms with E-state index in [0.717, 1.165) is 5.56 Å². The number of aromatic nitrogens is 2. The minimum absolute atomic E-state index is 0.111. The summed E-state index contributed by atoms with van der Waals surface area (Å²) in [5.74, 6) is -2.39. The monoisotopic (exact) mass is 543 g/mol. The summed E-state index contributed by atoms with van der Waals surface area (Å²) in [4.78, 5) is 26.0. The van der Waals surface area contributed by atoms with Gasteiger partial charge >= 0.3 is 5.97 Å². The van der Waals surface area contributed by atoms with Crippen molar-refractivity contribution >= 4 is 11.9 Å². The molecule has 0 radical (unpaired) electrons. The molecule has 10 heteroatoms. The first-order valence-corrected chi connectivity index (χ1v) is 12.8. The number of halogens is 2. The van der Waals surface area contributed by atoms with Crippen LogP contribution >= 0.6 is 0 Å². The predicted octanol–water partition coefficient (Wildman–Crippen LogP) is 4.37. The van der Waals surface area contributed by atoms with E-state index in [-0.39, 0.29) is 49.1 Å². The first-order valence-electron chi connectivity index (χ1n) is 12.8. The lowest BCUT2D eigenvalue weighted by Gasteiger charge is -2.19. The third-order valence-corrected chi connectivity index (χ3v) is 6.53. The molecule has 0 aliphatic carbocycles. The standard InChI is InChI=1S/C29H35F2N3O5/c1-17(2)27-25(12-10-22(35)14-23(36)15-26(37)38)34(21-8-6-20(30)7-9-21)32-28(27)29(39)33(4)16-19-5-11-24(31)18(3)13-19/h5-9,11,13,17,22-23,35-36H,10,12,14-16H2,1-4H3,(H,37,38). The fraction of sp³-hybridized carbons (Fsp3) is 0.414. The lowest BCUT2D eigenvalue weighted by Crippen LogP contribution is -2.27. The van der Waals surface area contributed by atoms with E-state index in [1.807, 2.05) is 13.8 Å². The van der Waals surface area contributed by atoms with Crippen molar-refractivity contribution < 1.29 is 33.7 Å². The molecule has 2 atom stereocenters. The summed E-state index contributed by atoms with van der Waals surface area (Å²) < 4.78 is 28.9. The predicted molar refractivity (Wildman–Crippen MR) is 142 cm³/mol. The third kappa shape index (κ3) is 7.70. The quantitative estimate of drug-likeness (QED) is 0.312. The van der Waals surface area contributed by atoms with Gasteiger partial charge in [0, 0.05) is 24.8 Å². The van der Waals surface area contributed by atoms with E-state index in [1.54, 1.807) is 42.9 Å². The summed E-state index contributed by atoms with van der Waals surface area (Å²) in [5.41, 5.74) is 3.31. The SMILES string of the molecule is Cc1cc(CN(C)C(=O)c2nn(-c3ccc(F)cc3)c(CCC(O)CC(O)CC(=O)O)c2C(C)C)ccc1F. The highest BCUT2D eigenvalue weighted by Crippen LogP contribution is 2.29. The number of aryl methyl sites for hydroxylation is 1. The van der Waals surface area contributed by atoms with Crippen LogP contribution in [0.3, 0.4) is 0 Å². The molecule has 3 rings (SSSR count). The second-order valence-corrected chi connectivity index (χ2v) is 10.2.